The lowest BCUT2D eigenvalue weighted by molar-refractivity contribution is 0.100. The predicted molar refractivity (Wildman–Crippen MR) is 102 cm³/mol. The monoisotopic (exact) mass is 347 g/mol. The van der Waals surface area contributed by atoms with Gasteiger partial charge in [0.1, 0.15) is 12.1 Å². The Bertz CT molecular complexity index is 928. The third-order valence-corrected chi connectivity index (χ3v) is 4.96. The second-order valence-electron chi connectivity index (χ2n) is 6.55. The molecule has 4 rings (SSSR count). The van der Waals surface area contributed by atoms with E-state index in [4.69, 9.17) is 5.73 Å². The molecule has 2 aromatic carbocycles. The molecule has 4 N–H and O–H groups in total. The van der Waals surface area contributed by atoms with Crippen molar-refractivity contribution in [3.8, 4) is 0 Å². The summed E-state index contributed by atoms with van der Waals surface area (Å²) in [5.41, 5.74) is 7.80. The summed E-state index contributed by atoms with van der Waals surface area (Å²) < 4.78 is 0. The molecule has 0 radical (unpaired) electrons. The summed E-state index contributed by atoms with van der Waals surface area (Å²) in [6.07, 6.45) is 2.53. The fourth-order valence-electron chi connectivity index (χ4n) is 3.69. The molecule has 1 aromatic heterocycles. The van der Waals surface area contributed by atoms with Gasteiger partial charge < -0.3 is 16.4 Å². The van der Waals surface area contributed by atoms with Crippen LogP contribution in [-0.2, 0) is 0 Å². The van der Waals surface area contributed by atoms with Crippen LogP contribution in [0, 0.1) is 0 Å². The number of nitrogens with zero attached hydrogens (tertiary/aromatic N) is 2. The van der Waals surface area contributed by atoms with E-state index in [0.717, 1.165) is 30.7 Å². The van der Waals surface area contributed by atoms with Crippen LogP contribution in [0.3, 0.4) is 0 Å². The molecule has 132 valence electrons. The van der Waals surface area contributed by atoms with Crippen molar-refractivity contribution in [1.82, 2.24) is 15.3 Å². The van der Waals surface area contributed by atoms with Crippen molar-refractivity contribution in [2.45, 2.75) is 18.4 Å². The maximum atomic E-state index is 11.7. The minimum atomic E-state index is -0.484. The maximum Gasteiger partial charge on any atom is 0.250 e. The highest BCUT2D eigenvalue weighted by Gasteiger charge is 2.27. The van der Waals surface area contributed by atoms with E-state index in [9.17, 15) is 4.79 Å². The van der Waals surface area contributed by atoms with Gasteiger partial charge in [-0.05, 0) is 30.7 Å². The first kappa shape index (κ1) is 16.5. The number of nitrogens with two attached hydrogens (primary N) is 1. The quantitative estimate of drug-likeness (QED) is 0.673. The Balaban J connectivity index is 1.70. The highest BCUT2D eigenvalue weighted by Crippen LogP contribution is 2.29. The molecular weight excluding hydrogens is 326 g/mol. The van der Waals surface area contributed by atoms with E-state index in [-0.39, 0.29) is 6.04 Å². The van der Waals surface area contributed by atoms with Gasteiger partial charge in [-0.15, -0.1) is 0 Å². The molecule has 0 bridgehead atoms. The van der Waals surface area contributed by atoms with Crippen LogP contribution >= 0.6 is 0 Å². The molecule has 2 atom stereocenters. The molecule has 0 unspecified atom stereocenters. The van der Waals surface area contributed by atoms with Crippen molar-refractivity contribution in [3.63, 3.8) is 0 Å². The molecule has 1 aliphatic rings. The summed E-state index contributed by atoms with van der Waals surface area (Å²) in [7, 11) is 0. The van der Waals surface area contributed by atoms with Crippen molar-refractivity contribution >= 4 is 22.6 Å². The third-order valence-electron chi connectivity index (χ3n) is 4.96. The molecule has 1 amide bonds. The van der Waals surface area contributed by atoms with E-state index < -0.39 is 5.91 Å². The molecular formula is C20H21N5O. The van der Waals surface area contributed by atoms with Gasteiger partial charge in [-0.2, -0.15) is 0 Å². The normalized spacial score (nSPS) is 20.0. The van der Waals surface area contributed by atoms with Gasteiger partial charge in [0.2, 0.25) is 0 Å². The number of hydrogen-bond donors (Lipinski definition) is 3. The fourth-order valence-corrected chi connectivity index (χ4v) is 3.69. The minimum absolute atomic E-state index is 0.196. The van der Waals surface area contributed by atoms with E-state index in [1.54, 1.807) is 6.07 Å². The van der Waals surface area contributed by atoms with E-state index in [1.807, 2.05) is 18.2 Å². The molecule has 1 aliphatic heterocycles. The number of piperidine rings is 1. The lowest BCUT2D eigenvalue weighted by atomic mass is 9.86. The van der Waals surface area contributed by atoms with Gasteiger partial charge in [-0.25, -0.2) is 9.97 Å². The fraction of sp³-hybridized carbons (Fsp3) is 0.250. The Labute approximate surface area is 151 Å². The number of carbonyl (C=O) groups is 1. The Morgan fingerprint density at radius 1 is 1.12 bits per heavy atom. The standard InChI is InChI=1S/C20H21N5O/c21-19(26)15-7-4-8-16-18(15)23-12-24-20(16)25-17-11-22-10-9-14(17)13-5-2-1-3-6-13/h1-8,12,14,17,22H,9-11H2,(H2,21,26)(H,23,24,25)/t14-,17+/m0/s1. The van der Waals surface area contributed by atoms with Gasteiger partial charge in [0.15, 0.2) is 0 Å². The number of para-hydroxylation sites is 1. The highest BCUT2D eigenvalue weighted by atomic mass is 16.1. The predicted octanol–water partition coefficient (Wildman–Crippen LogP) is 2.29. The summed E-state index contributed by atoms with van der Waals surface area (Å²) >= 11 is 0. The van der Waals surface area contributed by atoms with Crippen LogP contribution in [-0.4, -0.2) is 35.0 Å². The van der Waals surface area contributed by atoms with Crippen LogP contribution in [0.2, 0.25) is 0 Å². The highest BCUT2D eigenvalue weighted by molar-refractivity contribution is 6.06. The Morgan fingerprint density at radius 2 is 1.96 bits per heavy atom. The van der Waals surface area contributed by atoms with Crippen molar-refractivity contribution < 1.29 is 4.79 Å². The van der Waals surface area contributed by atoms with Gasteiger partial charge in [0.05, 0.1) is 11.1 Å². The van der Waals surface area contributed by atoms with Gasteiger partial charge in [0.25, 0.3) is 5.91 Å². The summed E-state index contributed by atoms with van der Waals surface area (Å²) in [4.78, 5) is 20.4. The Morgan fingerprint density at radius 3 is 2.77 bits per heavy atom. The molecule has 0 saturated carbocycles. The Kier molecular flexibility index (Phi) is 4.50. The largest absolute Gasteiger partial charge is 0.366 e. The molecule has 26 heavy (non-hydrogen) atoms. The van der Waals surface area contributed by atoms with Gasteiger partial charge in [0, 0.05) is 23.9 Å². The zero-order valence-corrected chi connectivity index (χ0v) is 14.4. The van der Waals surface area contributed by atoms with Gasteiger partial charge in [-0.3, -0.25) is 4.79 Å². The first-order valence-electron chi connectivity index (χ1n) is 8.80. The van der Waals surface area contributed by atoms with Crippen molar-refractivity contribution in [2.75, 3.05) is 18.4 Å². The second-order valence-corrected chi connectivity index (χ2v) is 6.55. The zero-order valence-electron chi connectivity index (χ0n) is 14.4. The number of nitrogens with one attached hydrogen (secondary N) is 2. The number of aromatic nitrogens is 2. The maximum absolute atomic E-state index is 11.7. The van der Waals surface area contributed by atoms with Crippen molar-refractivity contribution in [2.24, 2.45) is 5.73 Å². The second kappa shape index (κ2) is 7.09. The number of benzene rings is 2. The topological polar surface area (TPSA) is 92.9 Å². The first-order chi connectivity index (χ1) is 12.7. The number of anilines is 1. The smallest absolute Gasteiger partial charge is 0.250 e. The first-order valence-corrected chi connectivity index (χ1v) is 8.80. The summed E-state index contributed by atoms with van der Waals surface area (Å²) in [5.74, 6) is 0.635. The molecule has 1 saturated heterocycles. The molecule has 6 nitrogen and oxygen atoms in total. The zero-order chi connectivity index (χ0) is 17.9. The molecule has 2 heterocycles. The SMILES string of the molecule is NC(=O)c1cccc2c(N[C@@H]3CNCC[C@H]3c3ccccc3)ncnc12. The Hall–Kier alpha value is -2.99. The number of fused-ring (bicyclic) bond motifs is 1. The summed E-state index contributed by atoms with van der Waals surface area (Å²) in [6, 6.07) is 16.2. The van der Waals surface area contributed by atoms with Crippen LogP contribution in [0.25, 0.3) is 10.9 Å². The number of hydrogen-bond acceptors (Lipinski definition) is 5. The molecule has 6 heteroatoms. The summed E-state index contributed by atoms with van der Waals surface area (Å²) in [6.45, 7) is 1.84. The molecule has 0 aliphatic carbocycles. The average molecular weight is 347 g/mol. The van der Waals surface area contributed by atoms with Crippen LogP contribution in [0.4, 0.5) is 5.82 Å². The van der Waals surface area contributed by atoms with Crippen LogP contribution in [0.15, 0.2) is 54.9 Å². The average Bonchev–Trinajstić information content (AvgIpc) is 2.69. The molecule has 3 aromatic rings. The molecule has 1 fully saturated rings. The third kappa shape index (κ3) is 3.11. The van der Waals surface area contributed by atoms with E-state index in [0.29, 0.717) is 17.0 Å². The number of carbonyl (C=O) groups excluding carboxylic acids is 1. The number of amides is 1. The van der Waals surface area contributed by atoms with E-state index in [2.05, 4.69) is 44.9 Å². The van der Waals surface area contributed by atoms with Crippen LogP contribution < -0.4 is 16.4 Å². The van der Waals surface area contributed by atoms with E-state index in [1.165, 1.54) is 11.9 Å². The number of rotatable bonds is 4. The number of primary amides is 1. The van der Waals surface area contributed by atoms with E-state index >= 15 is 0 Å². The lowest BCUT2D eigenvalue weighted by Gasteiger charge is -2.33. The van der Waals surface area contributed by atoms with Crippen molar-refractivity contribution in [1.29, 1.82) is 0 Å². The lowest BCUT2D eigenvalue weighted by Crippen LogP contribution is -2.44. The van der Waals surface area contributed by atoms with Gasteiger partial charge >= 0.3 is 0 Å². The van der Waals surface area contributed by atoms with Crippen molar-refractivity contribution in [3.05, 3.63) is 66.0 Å². The molecule has 0 spiro atoms. The van der Waals surface area contributed by atoms with Gasteiger partial charge in [-0.1, -0.05) is 36.4 Å². The van der Waals surface area contributed by atoms with Crippen LogP contribution in [0.1, 0.15) is 28.3 Å². The summed E-state index contributed by atoms with van der Waals surface area (Å²) in [5, 5.41) is 7.83. The van der Waals surface area contributed by atoms with Crippen LogP contribution in [0.5, 0.6) is 0 Å². The minimum Gasteiger partial charge on any atom is -0.366 e.